The van der Waals surface area contributed by atoms with Gasteiger partial charge >= 0.3 is 12.1 Å². The molecule has 0 aliphatic rings. The number of hydrogen-bond donors (Lipinski definition) is 1. The molecule has 28 heavy (non-hydrogen) atoms. The maximum Gasteiger partial charge on any atom is 0.416 e. The van der Waals surface area contributed by atoms with Crippen LogP contribution in [-0.4, -0.2) is 42.6 Å². The van der Waals surface area contributed by atoms with Crippen molar-refractivity contribution in [2.24, 2.45) is 0 Å². The molecule has 0 atom stereocenters. The second kappa shape index (κ2) is 8.64. The number of para-hydroxylation sites is 1. The normalized spacial score (nSPS) is 11.0. The molecule has 0 fully saturated rings. The lowest BCUT2D eigenvalue weighted by molar-refractivity contribution is -0.138. The second-order valence-corrected chi connectivity index (χ2v) is 5.79. The first-order chi connectivity index (χ1) is 13.2. The zero-order chi connectivity index (χ0) is 20.9. The molecule has 0 saturated carbocycles. The minimum Gasteiger partial charge on any atom is -0.493 e. The summed E-state index contributed by atoms with van der Waals surface area (Å²) in [4.78, 5) is 25.1. The molecule has 0 aliphatic heterocycles. The molecule has 0 saturated heterocycles. The van der Waals surface area contributed by atoms with Crippen LogP contribution in [-0.2, 0) is 17.5 Å². The topological polar surface area (TPSA) is 76.1 Å². The third-order valence-corrected chi connectivity index (χ3v) is 3.90. The number of ether oxygens (including phenoxy) is 2. The van der Waals surface area contributed by atoms with E-state index in [1.807, 2.05) is 0 Å². The van der Waals surface area contributed by atoms with Crippen molar-refractivity contribution in [1.82, 2.24) is 4.90 Å². The van der Waals surface area contributed by atoms with Crippen LogP contribution in [0.5, 0.6) is 11.5 Å². The quantitative estimate of drug-likeness (QED) is 0.775. The van der Waals surface area contributed by atoms with Crippen LogP contribution in [0.4, 0.5) is 13.2 Å². The number of carboxylic acid groups (broad SMARTS) is 1. The Bertz CT molecular complexity index is 850. The summed E-state index contributed by atoms with van der Waals surface area (Å²) in [5.41, 5.74) is -0.402. The van der Waals surface area contributed by atoms with E-state index in [0.29, 0.717) is 5.56 Å². The van der Waals surface area contributed by atoms with E-state index in [9.17, 15) is 22.8 Å². The number of aliphatic carboxylic acids is 1. The molecule has 0 unspecified atom stereocenters. The molecule has 1 N–H and O–H groups in total. The van der Waals surface area contributed by atoms with Crippen LogP contribution in [0.2, 0.25) is 0 Å². The van der Waals surface area contributed by atoms with Crippen molar-refractivity contribution < 1.29 is 37.3 Å². The number of hydrogen-bond acceptors (Lipinski definition) is 4. The molecule has 0 bridgehead atoms. The number of rotatable bonds is 7. The van der Waals surface area contributed by atoms with Gasteiger partial charge in [0.25, 0.3) is 5.91 Å². The number of methoxy groups -OCH3 is 2. The number of carbonyl (C=O) groups excluding carboxylic acids is 1. The Hall–Kier alpha value is -3.23. The van der Waals surface area contributed by atoms with Gasteiger partial charge in [0.05, 0.1) is 25.3 Å². The Morgan fingerprint density at radius 2 is 1.68 bits per heavy atom. The SMILES string of the molecule is COc1cccc(C(=O)N(CC(=O)O)Cc2ccc(C(F)(F)F)cc2)c1OC. The zero-order valence-electron chi connectivity index (χ0n) is 15.1. The highest BCUT2D eigenvalue weighted by Gasteiger charge is 2.30. The summed E-state index contributed by atoms with van der Waals surface area (Å²) in [6, 6.07) is 8.74. The highest BCUT2D eigenvalue weighted by Crippen LogP contribution is 2.32. The minimum atomic E-state index is -4.48. The first-order valence-corrected chi connectivity index (χ1v) is 8.05. The Morgan fingerprint density at radius 3 is 2.18 bits per heavy atom. The number of carbonyl (C=O) groups is 2. The van der Waals surface area contributed by atoms with Crippen LogP contribution < -0.4 is 9.47 Å². The molecule has 9 heteroatoms. The van der Waals surface area contributed by atoms with Gasteiger partial charge in [0.15, 0.2) is 11.5 Å². The Labute approximate surface area is 159 Å². The predicted octanol–water partition coefficient (Wildman–Crippen LogP) is 3.45. The molecule has 0 spiro atoms. The van der Waals surface area contributed by atoms with Crippen LogP contribution >= 0.6 is 0 Å². The van der Waals surface area contributed by atoms with Gasteiger partial charge in [-0.25, -0.2) is 0 Å². The summed E-state index contributed by atoms with van der Waals surface area (Å²) in [6.07, 6.45) is -4.48. The van der Waals surface area contributed by atoms with E-state index in [1.54, 1.807) is 12.1 Å². The fraction of sp³-hybridized carbons (Fsp3) is 0.263. The predicted molar refractivity (Wildman–Crippen MR) is 93.4 cm³/mol. The number of nitrogens with zero attached hydrogens (tertiary/aromatic N) is 1. The molecular formula is C19H18F3NO5. The molecule has 0 radical (unpaired) electrons. The summed E-state index contributed by atoms with van der Waals surface area (Å²) < 4.78 is 48.4. The lowest BCUT2D eigenvalue weighted by atomic mass is 10.1. The van der Waals surface area contributed by atoms with E-state index in [0.717, 1.165) is 17.0 Å². The number of halogens is 3. The summed E-state index contributed by atoms with van der Waals surface area (Å²) in [5.74, 6) is -1.49. The van der Waals surface area contributed by atoms with Gasteiger partial charge in [-0.3, -0.25) is 9.59 Å². The average molecular weight is 397 g/mol. The van der Waals surface area contributed by atoms with Crippen LogP contribution in [0, 0.1) is 0 Å². The van der Waals surface area contributed by atoms with Crippen molar-refractivity contribution in [2.45, 2.75) is 12.7 Å². The molecular weight excluding hydrogens is 379 g/mol. The van der Waals surface area contributed by atoms with Gasteiger partial charge in [0, 0.05) is 6.54 Å². The molecule has 0 aliphatic carbocycles. The van der Waals surface area contributed by atoms with Crippen LogP contribution in [0.15, 0.2) is 42.5 Å². The highest BCUT2D eigenvalue weighted by molar-refractivity contribution is 5.99. The molecule has 2 rings (SSSR count). The first-order valence-electron chi connectivity index (χ1n) is 8.05. The van der Waals surface area contributed by atoms with Crippen molar-refractivity contribution in [3.8, 4) is 11.5 Å². The molecule has 1 amide bonds. The van der Waals surface area contributed by atoms with Crippen molar-refractivity contribution >= 4 is 11.9 Å². The minimum absolute atomic E-state index is 0.0787. The van der Waals surface area contributed by atoms with E-state index >= 15 is 0 Å². The van der Waals surface area contributed by atoms with Gasteiger partial charge in [0.2, 0.25) is 0 Å². The maximum atomic E-state index is 12.9. The summed E-state index contributed by atoms with van der Waals surface area (Å²) in [7, 11) is 2.73. The van der Waals surface area contributed by atoms with Crippen LogP contribution in [0.1, 0.15) is 21.5 Å². The maximum absolute atomic E-state index is 12.9. The smallest absolute Gasteiger partial charge is 0.416 e. The Kier molecular flexibility index (Phi) is 6.50. The lowest BCUT2D eigenvalue weighted by Gasteiger charge is -2.22. The fourth-order valence-electron chi connectivity index (χ4n) is 2.61. The summed E-state index contributed by atoms with van der Waals surface area (Å²) in [6.45, 7) is -0.830. The molecule has 2 aromatic carbocycles. The number of benzene rings is 2. The number of alkyl halides is 3. The van der Waals surface area contributed by atoms with E-state index < -0.39 is 30.2 Å². The monoisotopic (exact) mass is 397 g/mol. The third kappa shape index (κ3) is 4.93. The van der Waals surface area contributed by atoms with E-state index in [4.69, 9.17) is 14.6 Å². The van der Waals surface area contributed by atoms with Gasteiger partial charge in [-0.1, -0.05) is 18.2 Å². The number of amides is 1. The molecule has 0 heterocycles. The fourth-order valence-corrected chi connectivity index (χ4v) is 2.61. The summed E-state index contributed by atoms with van der Waals surface area (Å²) in [5, 5.41) is 9.14. The van der Waals surface area contributed by atoms with Gasteiger partial charge in [-0.2, -0.15) is 13.2 Å². The summed E-state index contributed by atoms with van der Waals surface area (Å²) >= 11 is 0. The van der Waals surface area contributed by atoms with Crippen molar-refractivity contribution in [3.63, 3.8) is 0 Å². The first kappa shape index (κ1) is 21.1. The van der Waals surface area contributed by atoms with Crippen LogP contribution in [0.25, 0.3) is 0 Å². The van der Waals surface area contributed by atoms with Gasteiger partial charge < -0.3 is 19.5 Å². The van der Waals surface area contributed by atoms with Crippen molar-refractivity contribution in [1.29, 1.82) is 0 Å². The standard InChI is InChI=1S/C19H18F3NO5/c1-27-15-5-3-4-14(17(15)28-2)18(26)23(11-16(24)25)10-12-6-8-13(9-7-12)19(20,21)22/h3-9H,10-11H2,1-2H3,(H,24,25). The second-order valence-electron chi connectivity index (χ2n) is 5.79. The Morgan fingerprint density at radius 1 is 1.04 bits per heavy atom. The average Bonchev–Trinajstić information content (AvgIpc) is 2.65. The van der Waals surface area contributed by atoms with E-state index in [1.165, 1.54) is 32.4 Å². The van der Waals surface area contributed by atoms with Gasteiger partial charge in [0.1, 0.15) is 6.54 Å². The van der Waals surface area contributed by atoms with Gasteiger partial charge in [-0.15, -0.1) is 0 Å². The molecule has 2 aromatic rings. The largest absolute Gasteiger partial charge is 0.493 e. The molecule has 150 valence electrons. The van der Waals surface area contributed by atoms with Gasteiger partial charge in [-0.05, 0) is 29.8 Å². The van der Waals surface area contributed by atoms with E-state index in [-0.39, 0.29) is 23.6 Å². The molecule has 0 aromatic heterocycles. The lowest BCUT2D eigenvalue weighted by Crippen LogP contribution is -2.35. The van der Waals surface area contributed by atoms with Crippen molar-refractivity contribution in [2.75, 3.05) is 20.8 Å². The molecule has 6 nitrogen and oxygen atoms in total. The van der Waals surface area contributed by atoms with Crippen molar-refractivity contribution in [3.05, 3.63) is 59.2 Å². The Balaban J connectivity index is 2.34. The number of carboxylic acids is 1. The third-order valence-electron chi connectivity index (χ3n) is 3.90. The highest BCUT2D eigenvalue weighted by atomic mass is 19.4. The zero-order valence-corrected chi connectivity index (χ0v) is 15.1. The van der Waals surface area contributed by atoms with Crippen LogP contribution in [0.3, 0.4) is 0 Å². The van der Waals surface area contributed by atoms with E-state index in [2.05, 4.69) is 0 Å².